The molecule has 1 aliphatic heterocycles. The summed E-state index contributed by atoms with van der Waals surface area (Å²) in [5.74, 6) is -0.477. The highest BCUT2D eigenvalue weighted by Crippen LogP contribution is 2.19. The number of carbonyl (C=O) groups excluding carboxylic acids is 2. The molecule has 126 valence electrons. The molecule has 2 heterocycles. The Hall–Kier alpha value is -2.34. The number of nitrogens with two attached hydrogens (primary N) is 1. The number of benzene rings is 1. The Labute approximate surface area is 145 Å². The van der Waals surface area contributed by atoms with E-state index in [0.717, 1.165) is 5.56 Å². The van der Waals surface area contributed by atoms with Crippen LogP contribution in [0.15, 0.2) is 36.7 Å². The summed E-state index contributed by atoms with van der Waals surface area (Å²) in [6, 6.07) is 7.55. The molecule has 7 heteroatoms. The third-order valence-corrected chi connectivity index (χ3v) is 4.72. The zero-order chi connectivity index (χ0) is 17.1. The SMILES string of the molecule is NC(=O)C1CCN(C(=O)c2cnn(Cc3ccccc3Cl)c2)CC1. The summed E-state index contributed by atoms with van der Waals surface area (Å²) < 4.78 is 1.70. The van der Waals surface area contributed by atoms with Gasteiger partial charge in [-0.1, -0.05) is 29.8 Å². The maximum atomic E-state index is 12.5. The number of primary amides is 1. The van der Waals surface area contributed by atoms with Crippen molar-refractivity contribution in [1.29, 1.82) is 0 Å². The summed E-state index contributed by atoms with van der Waals surface area (Å²) in [7, 11) is 0. The minimum atomic E-state index is -0.283. The van der Waals surface area contributed by atoms with E-state index < -0.39 is 0 Å². The first-order valence-corrected chi connectivity index (χ1v) is 8.27. The highest BCUT2D eigenvalue weighted by atomic mass is 35.5. The summed E-state index contributed by atoms with van der Waals surface area (Å²) in [6.45, 7) is 1.60. The Morgan fingerprint density at radius 2 is 1.96 bits per heavy atom. The van der Waals surface area contributed by atoms with Crippen LogP contribution in [0.25, 0.3) is 0 Å². The number of rotatable bonds is 4. The fourth-order valence-corrected chi connectivity index (χ4v) is 3.11. The van der Waals surface area contributed by atoms with Crippen molar-refractivity contribution < 1.29 is 9.59 Å². The minimum Gasteiger partial charge on any atom is -0.369 e. The maximum absolute atomic E-state index is 12.5. The first kappa shape index (κ1) is 16.5. The predicted molar refractivity (Wildman–Crippen MR) is 90.6 cm³/mol. The summed E-state index contributed by atoms with van der Waals surface area (Å²) in [5, 5.41) is 4.92. The quantitative estimate of drug-likeness (QED) is 0.918. The molecule has 0 saturated carbocycles. The number of hydrogen-bond acceptors (Lipinski definition) is 3. The fourth-order valence-electron chi connectivity index (χ4n) is 2.91. The van der Waals surface area contributed by atoms with Crippen molar-refractivity contribution in [3.8, 4) is 0 Å². The normalized spacial score (nSPS) is 15.5. The van der Waals surface area contributed by atoms with Crippen LogP contribution in [-0.4, -0.2) is 39.6 Å². The predicted octanol–water partition coefficient (Wildman–Crippen LogP) is 1.92. The van der Waals surface area contributed by atoms with Gasteiger partial charge in [0.1, 0.15) is 0 Å². The van der Waals surface area contributed by atoms with E-state index in [4.69, 9.17) is 17.3 Å². The van der Waals surface area contributed by atoms with Gasteiger partial charge in [0.25, 0.3) is 5.91 Å². The first-order valence-electron chi connectivity index (χ1n) is 7.89. The van der Waals surface area contributed by atoms with Gasteiger partial charge < -0.3 is 10.6 Å². The van der Waals surface area contributed by atoms with Crippen LogP contribution < -0.4 is 5.73 Å². The van der Waals surface area contributed by atoms with Crippen molar-refractivity contribution in [2.45, 2.75) is 19.4 Å². The van der Waals surface area contributed by atoms with Crippen molar-refractivity contribution in [3.05, 3.63) is 52.8 Å². The van der Waals surface area contributed by atoms with Gasteiger partial charge in [0.15, 0.2) is 0 Å². The molecule has 0 aliphatic carbocycles. The average molecular weight is 347 g/mol. The lowest BCUT2D eigenvalue weighted by Crippen LogP contribution is -2.41. The van der Waals surface area contributed by atoms with Crippen LogP contribution in [0.4, 0.5) is 0 Å². The lowest BCUT2D eigenvalue weighted by Gasteiger charge is -2.30. The Morgan fingerprint density at radius 1 is 1.25 bits per heavy atom. The van der Waals surface area contributed by atoms with Gasteiger partial charge in [-0.25, -0.2) is 0 Å². The summed E-state index contributed by atoms with van der Waals surface area (Å²) >= 11 is 6.15. The van der Waals surface area contributed by atoms with E-state index >= 15 is 0 Å². The molecule has 0 unspecified atom stereocenters. The van der Waals surface area contributed by atoms with Crippen LogP contribution in [0.3, 0.4) is 0 Å². The van der Waals surface area contributed by atoms with Crippen molar-refractivity contribution in [2.75, 3.05) is 13.1 Å². The Morgan fingerprint density at radius 3 is 2.62 bits per heavy atom. The molecule has 1 aromatic heterocycles. The molecule has 2 aromatic rings. The molecule has 3 rings (SSSR count). The first-order chi connectivity index (χ1) is 11.5. The second-order valence-electron chi connectivity index (χ2n) is 5.99. The fraction of sp³-hybridized carbons (Fsp3) is 0.353. The average Bonchev–Trinajstić information content (AvgIpc) is 3.05. The van der Waals surface area contributed by atoms with Crippen LogP contribution in [0.5, 0.6) is 0 Å². The van der Waals surface area contributed by atoms with Gasteiger partial charge in [-0.3, -0.25) is 14.3 Å². The standard InChI is InChI=1S/C17H19ClN4O2/c18-15-4-2-1-3-13(15)10-22-11-14(9-20-22)17(24)21-7-5-12(6-8-21)16(19)23/h1-4,9,11-12H,5-8,10H2,(H2,19,23). The molecule has 0 atom stereocenters. The number of hydrogen-bond donors (Lipinski definition) is 1. The molecule has 24 heavy (non-hydrogen) atoms. The molecule has 1 aliphatic rings. The van der Waals surface area contributed by atoms with Crippen LogP contribution in [-0.2, 0) is 11.3 Å². The number of aromatic nitrogens is 2. The summed E-state index contributed by atoms with van der Waals surface area (Å²) in [5.41, 5.74) is 6.81. The van der Waals surface area contributed by atoms with E-state index in [0.29, 0.717) is 43.1 Å². The highest BCUT2D eigenvalue weighted by Gasteiger charge is 2.27. The lowest BCUT2D eigenvalue weighted by molar-refractivity contribution is -0.123. The Kier molecular flexibility index (Phi) is 4.85. The van der Waals surface area contributed by atoms with Crippen molar-refractivity contribution in [3.63, 3.8) is 0 Å². The number of halogens is 1. The second-order valence-corrected chi connectivity index (χ2v) is 6.39. The van der Waals surface area contributed by atoms with E-state index in [9.17, 15) is 9.59 Å². The zero-order valence-corrected chi connectivity index (χ0v) is 13.9. The second kappa shape index (κ2) is 7.05. The zero-order valence-electron chi connectivity index (χ0n) is 13.2. The van der Waals surface area contributed by atoms with Gasteiger partial charge in [-0.15, -0.1) is 0 Å². The van der Waals surface area contributed by atoms with E-state index in [1.807, 2.05) is 24.3 Å². The van der Waals surface area contributed by atoms with E-state index in [2.05, 4.69) is 5.10 Å². The van der Waals surface area contributed by atoms with Gasteiger partial charge >= 0.3 is 0 Å². The molecule has 1 aromatic carbocycles. The van der Waals surface area contributed by atoms with Crippen molar-refractivity contribution in [1.82, 2.24) is 14.7 Å². The number of nitrogens with zero attached hydrogens (tertiary/aromatic N) is 3. The van der Waals surface area contributed by atoms with E-state index in [1.165, 1.54) is 0 Å². The van der Waals surface area contributed by atoms with Gasteiger partial charge in [-0.2, -0.15) is 5.10 Å². The van der Waals surface area contributed by atoms with E-state index in [-0.39, 0.29) is 17.7 Å². The highest BCUT2D eigenvalue weighted by molar-refractivity contribution is 6.31. The number of likely N-dealkylation sites (tertiary alicyclic amines) is 1. The topological polar surface area (TPSA) is 81.2 Å². The Balaban J connectivity index is 1.64. The van der Waals surface area contributed by atoms with Gasteiger partial charge in [0, 0.05) is 30.2 Å². The minimum absolute atomic E-state index is 0.0664. The molecule has 1 fully saturated rings. The molecule has 1 saturated heterocycles. The lowest BCUT2D eigenvalue weighted by atomic mass is 9.96. The molecule has 0 spiro atoms. The van der Waals surface area contributed by atoms with Crippen LogP contribution in [0, 0.1) is 5.92 Å². The van der Waals surface area contributed by atoms with Gasteiger partial charge in [0.2, 0.25) is 5.91 Å². The largest absolute Gasteiger partial charge is 0.369 e. The van der Waals surface area contributed by atoms with Gasteiger partial charge in [-0.05, 0) is 24.5 Å². The van der Waals surface area contributed by atoms with Crippen LogP contribution in [0.2, 0.25) is 5.02 Å². The molecular weight excluding hydrogens is 328 g/mol. The monoisotopic (exact) mass is 346 g/mol. The smallest absolute Gasteiger partial charge is 0.257 e. The molecule has 2 amide bonds. The van der Waals surface area contributed by atoms with Crippen molar-refractivity contribution >= 4 is 23.4 Å². The molecule has 6 nitrogen and oxygen atoms in total. The summed E-state index contributed by atoms with van der Waals surface area (Å²) in [6.07, 6.45) is 4.54. The number of amides is 2. The summed E-state index contributed by atoms with van der Waals surface area (Å²) in [4.78, 5) is 25.5. The van der Waals surface area contributed by atoms with Crippen molar-refractivity contribution in [2.24, 2.45) is 11.7 Å². The molecule has 2 N–H and O–H groups in total. The third-order valence-electron chi connectivity index (χ3n) is 4.35. The molecule has 0 radical (unpaired) electrons. The van der Waals surface area contributed by atoms with Gasteiger partial charge in [0.05, 0.1) is 18.3 Å². The van der Waals surface area contributed by atoms with Crippen LogP contribution >= 0.6 is 11.6 Å². The number of carbonyl (C=O) groups is 2. The van der Waals surface area contributed by atoms with E-state index in [1.54, 1.807) is 22.0 Å². The maximum Gasteiger partial charge on any atom is 0.257 e. The van der Waals surface area contributed by atoms with Crippen LogP contribution in [0.1, 0.15) is 28.8 Å². The number of piperidine rings is 1. The molecule has 0 bridgehead atoms. The Bertz CT molecular complexity index is 751. The molecular formula is C17H19ClN4O2. The third kappa shape index (κ3) is 3.59.